The maximum absolute atomic E-state index is 11.4. The molecule has 1 fully saturated rings. The molecule has 0 amide bonds. The van der Waals surface area contributed by atoms with E-state index >= 15 is 0 Å². The topological polar surface area (TPSA) is 191 Å². The molecule has 130 valence electrons. The van der Waals surface area contributed by atoms with Crippen LogP contribution >= 0.6 is 11.8 Å². The molecule has 0 radical (unpaired) electrons. The third-order valence-electron chi connectivity index (χ3n) is 2.84. The lowest BCUT2D eigenvalue weighted by Gasteiger charge is -2.39. The van der Waals surface area contributed by atoms with Crippen LogP contribution < -0.4 is 0 Å². The molecule has 6 N–H and O–H groups in total. The highest BCUT2D eigenvalue weighted by Crippen LogP contribution is 2.30. The van der Waals surface area contributed by atoms with Gasteiger partial charge in [0.15, 0.2) is 0 Å². The molecule has 13 heteroatoms. The summed E-state index contributed by atoms with van der Waals surface area (Å²) >= 11 is 0.335. The van der Waals surface area contributed by atoms with Gasteiger partial charge in [-0.15, -0.1) is 8.42 Å². The van der Waals surface area contributed by atoms with Crippen LogP contribution in [0.3, 0.4) is 0 Å². The third-order valence-corrected chi connectivity index (χ3v) is 4.86. The van der Waals surface area contributed by atoms with Crippen LogP contribution in [-0.2, 0) is 15.0 Å². The minimum atomic E-state index is -5.13. The van der Waals surface area contributed by atoms with Gasteiger partial charge in [-0.2, -0.15) is 0 Å². The van der Waals surface area contributed by atoms with Gasteiger partial charge in [-0.05, 0) is 11.8 Å². The van der Waals surface area contributed by atoms with E-state index in [-0.39, 0.29) is 0 Å². The van der Waals surface area contributed by atoms with Gasteiger partial charge in [0.05, 0.1) is 19.6 Å². The fraction of sp³-hybridized carbons (Fsp3) is 0.889. The summed E-state index contributed by atoms with van der Waals surface area (Å²) in [5.74, 6) is 0. The molecule has 11 nitrogen and oxygen atoms in total. The lowest BCUT2D eigenvalue weighted by atomic mass is 10.0. The number of nitrogens with zero attached hydrogens (tertiary/aromatic N) is 1. The Bertz CT molecular complexity index is 507. The average Bonchev–Trinajstić information content (AvgIpc) is 2.45. The highest BCUT2D eigenvalue weighted by molar-refractivity contribution is 8.14. The van der Waals surface area contributed by atoms with E-state index in [2.05, 4.69) is 0 Å². The van der Waals surface area contributed by atoms with Crippen molar-refractivity contribution in [1.82, 2.24) is 0 Å². The second-order valence-electron chi connectivity index (χ2n) is 4.39. The lowest BCUT2D eigenvalue weighted by Crippen LogP contribution is -2.57. The van der Waals surface area contributed by atoms with Gasteiger partial charge in [0.25, 0.3) is 0 Å². The SMILES string of the molecule is O=S(=O)(O)/[N+]([O-])=C(/CCO)S[C@@H]1O[C@H](CO)[C@@H](O)[C@H](O)[C@H]1O. The molecule has 0 bridgehead atoms. The van der Waals surface area contributed by atoms with Crippen LogP contribution in [0.25, 0.3) is 0 Å². The first-order chi connectivity index (χ1) is 10.1. The lowest BCUT2D eigenvalue weighted by molar-refractivity contribution is -0.290. The molecule has 1 aliphatic rings. The zero-order valence-corrected chi connectivity index (χ0v) is 12.7. The number of hydrogen-bond acceptors (Lipinski definition) is 10. The van der Waals surface area contributed by atoms with E-state index in [9.17, 15) is 28.9 Å². The Labute approximate surface area is 129 Å². The fourth-order valence-corrected chi connectivity index (χ4v) is 3.54. The Morgan fingerprint density at radius 2 is 1.77 bits per heavy atom. The van der Waals surface area contributed by atoms with Gasteiger partial charge in [0.1, 0.15) is 29.9 Å². The number of ether oxygens (including phenoxy) is 1. The van der Waals surface area contributed by atoms with Crippen molar-refractivity contribution in [3.05, 3.63) is 5.21 Å². The van der Waals surface area contributed by atoms with E-state index in [1.54, 1.807) is 0 Å². The molecule has 0 aromatic rings. The molecule has 0 aromatic carbocycles. The second kappa shape index (κ2) is 7.85. The van der Waals surface area contributed by atoms with Gasteiger partial charge in [0.2, 0.25) is 5.04 Å². The number of hydrogen-bond donors (Lipinski definition) is 6. The van der Waals surface area contributed by atoms with E-state index in [4.69, 9.17) is 19.5 Å². The van der Waals surface area contributed by atoms with E-state index in [0.717, 1.165) is 0 Å². The van der Waals surface area contributed by atoms with Gasteiger partial charge in [-0.1, -0.05) is 4.14 Å². The standard InChI is InChI=1S/C9H17NO10S2/c11-2-1-5(10(16)22(17,18)19)21-9-8(15)7(14)6(13)4(3-12)20-9/h4,6-9,11-15H,1-3H2,(H,17,18,19)/b10-5-/t4-,6-,7+,8-,9+/m1/s1. The molecule has 5 atom stereocenters. The van der Waals surface area contributed by atoms with E-state index < -0.39 is 69.0 Å². The van der Waals surface area contributed by atoms with Gasteiger partial charge in [-0.3, -0.25) is 0 Å². The van der Waals surface area contributed by atoms with Crippen molar-refractivity contribution in [2.24, 2.45) is 0 Å². The normalized spacial score (nSPS) is 34.4. The van der Waals surface area contributed by atoms with Crippen molar-refractivity contribution in [3.63, 3.8) is 0 Å². The molecule has 1 aliphatic heterocycles. The summed E-state index contributed by atoms with van der Waals surface area (Å²) in [7, 11) is -5.13. The largest absolute Gasteiger partial charge is 0.605 e. The summed E-state index contributed by atoms with van der Waals surface area (Å²) in [5, 5.41) is 57.6. The summed E-state index contributed by atoms with van der Waals surface area (Å²) in [4.78, 5) is 0. The minimum absolute atomic E-state index is 0.335. The monoisotopic (exact) mass is 363 g/mol. The zero-order chi connectivity index (χ0) is 17.1. The van der Waals surface area contributed by atoms with E-state index in [1.165, 1.54) is 0 Å². The van der Waals surface area contributed by atoms with Crippen molar-refractivity contribution in [3.8, 4) is 0 Å². The fourth-order valence-electron chi connectivity index (χ4n) is 1.72. The van der Waals surface area contributed by atoms with E-state index in [0.29, 0.717) is 11.8 Å². The molecule has 0 aliphatic carbocycles. The number of aliphatic hydroxyl groups excluding tert-OH is 5. The molecule has 0 spiro atoms. The van der Waals surface area contributed by atoms with Crippen LogP contribution in [0.1, 0.15) is 6.42 Å². The predicted molar refractivity (Wildman–Crippen MR) is 73.2 cm³/mol. The van der Waals surface area contributed by atoms with Crippen molar-refractivity contribution in [1.29, 1.82) is 0 Å². The van der Waals surface area contributed by atoms with Gasteiger partial charge < -0.3 is 35.5 Å². The summed E-state index contributed by atoms with van der Waals surface area (Å²) in [5.41, 5.74) is -1.41. The van der Waals surface area contributed by atoms with Gasteiger partial charge in [0, 0.05) is 0 Å². The Kier molecular flexibility index (Phi) is 6.97. The predicted octanol–water partition coefficient (Wildman–Crippen LogP) is -3.39. The molecule has 1 heterocycles. The van der Waals surface area contributed by atoms with Crippen molar-refractivity contribution < 1.29 is 47.4 Å². The van der Waals surface area contributed by atoms with Crippen LogP contribution in [0.15, 0.2) is 0 Å². The Hall–Kier alpha value is -0.510. The summed E-state index contributed by atoms with van der Waals surface area (Å²) in [6.45, 7) is -1.33. The van der Waals surface area contributed by atoms with Crippen molar-refractivity contribution in [2.45, 2.75) is 36.3 Å². The maximum Gasteiger partial charge on any atom is 0.518 e. The number of aliphatic hydroxyl groups is 5. The molecular formula is C9H17NO10S2. The van der Waals surface area contributed by atoms with Crippen LogP contribution in [0.5, 0.6) is 0 Å². The molecule has 0 aromatic heterocycles. The molecule has 22 heavy (non-hydrogen) atoms. The van der Waals surface area contributed by atoms with Crippen molar-refractivity contribution in [2.75, 3.05) is 13.2 Å². The quantitative estimate of drug-likeness (QED) is 0.0713. The highest BCUT2D eigenvalue weighted by atomic mass is 32.2. The van der Waals surface area contributed by atoms with Gasteiger partial charge >= 0.3 is 10.3 Å². The van der Waals surface area contributed by atoms with Crippen LogP contribution in [0.4, 0.5) is 0 Å². The summed E-state index contributed by atoms with van der Waals surface area (Å²) < 4.78 is 34.7. The zero-order valence-electron chi connectivity index (χ0n) is 11.1. The van der Waals surface area contributed by atoms with Crippen LogP contribution in [-0.4, -0.2) is 90.8 Å². The first-order valence-corrected chi connectivity index (χ1v) is 8.29. The number of thioether (sulfide) groups is 1. The maximum atomic E-state index is 11.4. The minimum Gasteiger partial charge on any atom is -0.605 e. The van der Waals surface area contributed by atoms with Crippen molar-refractivity contribution >= 4 is 27.1 Å². The van der Waals surface area contributed by atoms with Crippen LogP contribution in [0.2, 0.25) is 0 Å². The van der Waals surface area contributed by atoms with Crippen LogP contribution in [0, 0.1) is 5.21 Å². The molecule has 0 saturated carbocycles. The average molecular weight is 363 g/mol. The molecular weight excluding hydrogens is 346 g/mol. The second-order valence-corrected chi connectivity index (χ2v) is 6.79. The Morgan fingerprint density at radius 1 is 1.18 bits per heavy atom. The first kappa shape index (κ1) is 19.5. The van der Waals surface area contributed by atoms with E-state index in [1.807, 2.05) is 0 Å². The highest BCUT2D eigenvalue weighted by Gasteiger charge is 2.45. The summed E-state index contributed by atoms with van der Waals surface area (Å²) in [6.07, 6.45) is -6.72. The third kappa shape index (κ3) is 4.50. The summed E-state index contributed by atoms with van der Waals surface area (Å²) in [6, 6.07) is 0. The Balaban J connectivity index is 3.03. The van der Waals surface area contributed by atoms with Gasteiger partial charge in [-0.25, -0.2) is 4.55 Å². The smallest absolute Gasteiger partial charge is 0.518 e. The molecule has 0 unspecified atom stereocenters. The Morgan fingerprint density at radius 3 is 2.23 bits per heavy atom. The molecule has 1 saturated heterocycles. The number of rotatable bonds is 5. The first-order valence-electron chi connectivity index (χ1n) is 6.02. The molecule has 1 rings (SSSR count).